The average molecular weight is 791 g/mol. The molecule has 62 heavy (non-hydrogen) atoms. The summed E-state index contributed by atoms with van der Waals surface area (Å²) in [6.45, 7) is 0. The number of hydrogen-bond donors (Lipinski definition) is 0. The molecule has 0 N–H and O–H groups in total. The van der Waals surface area contributed by atoms with Crippen molar-refractivity contribution >= 4 is 38.9 Å². The van der Waals surface area contributed by atoms with Crippen LogP contribution in [0.4, 0.5) is 17.1 Å². The molecule has 0 unspecified atom stereocenters. The third-order valence-electron chi connectivity index (χ3n) is 12.0. The zero-order valence-electron chi connectivity index (χ0n) is 34.1. The molecule has 11 rings (SSSR count). The Bertz CT molecular complexity index is 3090. The first-order valence-corrected chi connectivity index (χ1v) is 21.2. The van der Waals surface area contributed by atoms with Crippen LogP contribution in [-0.2, 0) is 0 Å². The Balaban J connectivity index is 0.928. The van der Waals surface area contributed by atoms with Gasteiger partial charge in [-0.3, -0.25) is 0 Å². The van der Waals surface area contributed by atoms with Gasteiger partial charge in [-0.05, 0) is 116 Å². The lowest BCUT2D eigenvalue weighted by molar-refractivity contribution is 1.18. The molecule has 11 aromatic rings. The summed E-state index contributed by atoms with van der Waals surface area (Å²) in [4.78, 5) is 2.35. The number of fused-ring (bicyclic) bond motifs is 3. The molecule has 0 radical (unpaired) electrons. The summed E-state index contributed by atoms with van der Waals surface area (Å²) in [5, 5.41) is 2.53. The van der Waals surface area contributed by atoms with Crippen molar-refractivity contribution in [3.63, 3.8) is 0 Å². The first kappa shape index (κ1) is 36.8. The monoisotopic (exact) mass is 790 g/mol. The molecular weight excluding hydrogens is 749 g/mol. The fourth-order valence-electron chi connectivity index (χ4n) is 8.85. The van der Waals surface area contributed by atoms with Gasteiger partial charge in [-0.2, -0.15) is 0 Å². The van der Waals surface area contributed by atoms with Gasteiger partial charge in [-0.1, -0.05) is 194 Å². The van der Waals surface area contributed by atoms with Gasteiger partial charge in [0.15, 0.2) is 0 Å². The van der Waals surface area contributed by atoms with E-state index in [1.165, 1.54) is 77.4 Å². The van der Waals surface area contributed by atoms with Crippen LogP contribution >= 0.6 is 0 Å². The van der Waals surface area contributed by atoms with Gasteiger partial charge in [0.05, 0.1) is 11.0 Å². The summed E-state index contributed by atoms with van der Waals surface area (Å²) in [7, 11) is 0. The maximum atomic E-state index is 2.38. The minimum absolute atomic E-state index is 1.09. The van der Waals surface area contributed by atoms with Crippen molar-refractivity contribution in [1.29, 1.82) is 0 Å². The minimum Gasteiger partial charge on any atom is -0.311 e. The Labute approximate surface area is 362 Å². The van der Waals surface area contributed by atoms with E-state index in [2.05, 4.69) is 264 Å². The van der Waals surface area contributed by atoms with Gasteiger partial charge in [0.1, 0.15) is 0 Å². The predicted octanol–water partition coefficient (Wildman–Crippen LogP) is 16.6. The van der Waals surface area contributed by atoms with Gasteiger partial charge in [-0.15, -0.1) is 0 Å². The third-order valence-corrected chi connectivity index (χ3v) is 12.0. The second-order valence-electron chi connectivity index (χ2n) is 15.8. The smallest absolute Gasteiger partial charge is 0.0541 e. The van der Waals surface area contributed by atoms with Gasteiger partial charge in [0.25, 0.3) is 0 Å². The Morgan fingerprint density at radius 1 is 0.226 bits per heavy atom. The lowest BCUT2D eigenvalue weighted by Gasteiger charge is -2.26. The molecule has 1 aromatic heterocycles. The molecule has 292 valence electrons. The van der Waals surface area contributed by atoms with Crippen LogP contribution in [0.1, 0.15) is 0 Å². The second kappa shape index (κ2) is 16.1. The molecule has 2 heteroatoms. The van der Waals surface area contributed by atoms with Gasteiger partial charge in [-0.25, -0.2) is 0 Å². The summed E-state index contributed by atoms with van der Waals surface area (Å²) < 4.78 is 2.38. The van der Waals surface area contributed by atoms with E-state index in [0.29, 0.717) is 0 Å². The van der Waals surface area contributed by atoms with E-state index in [-0.39, 0.29) is 0 Å². The van der Waals surface area contributed by atoms with Gasteiger partial charge < -0.3 is 9.47 Å². The molecule has 0 aliphatic rings. The van der Waals surface area contributed by atoms with E-state index in [0.717, 1.165) is 22.7 Å². The molecule has 0 fully saturated rings. The van der Waals surface area contributed by atoms with Crippen molar-refractivity contribution in [2.75, 3.05) is 4.90 Å². The molecule has 0 atom stereocenters. The van der Waals surface area contributed by atoms with Crippen LogP contribution < -0.4 is 4.90 Å². The number of para-hydroxylation sites is 2. The van der Waals surface area contributed by atoms with Gasteiger partial charge >= 0.3 is 0 Å². The maximum Gasteiger partial charge on any atom is 0.0541 e. The highest BCUT2D eigenvalue weighted by molar-refractivity contribution is 6.09. The van der Waals surface area contributed by atoms with Crippen molar-refractivity contribution in [3.8, 4) is 61.3 Å². The fraction of sp³-hybridized carbons (Fsp3) is 0. The molecule has 0 saturated heterocycles. The number of nitrogens with zero attached hydrogens (tertiary/aromatic N) is 2. The van der Waals surface area contributed by atoms with E-state index < -0.39 is 0 Å². The highest BCUT2D eigenvalue weighted by atomic mass is 15.1. The molecule has 10 aromatic carbocycles. The van der Waals surface area contributed by atoms with Crippen molar-refractivity contribution in [1.82, 2.24) is 4.57 Å². The summed E-state index contributed by atoms with van der Waals surface area (Å²) in [6, 6.07) is 91.9. The quantitative estimate of drug-likeness (QED) is 0.141. The van der Waals surface area contributed by atoms with Gasteiger partial charge in [0.2, 0.25) is 0 Å². The zero-order valence-corrected chi connectivity index (χ0v) is 34.1. The summed E-state index contributed by atoms with van der Waals surface area (Å²) in [5.74, 6) is 0. The van der Waals surface area contributed by atoms with Crippen molar-refractivity contribution in [2.45, 2.75) is 0 Å². The zero-order chi connectivity index (χ0) is 41.2. The maximum absolute atomic E-state index is 2.38. The molecular formula is C60H42N2. The van der Waals surface area contributed by atoms with E-state index in [1.54, 1.807) is 0 Å². The lowest BCUT2D eigenvalue weighted by Crippen LogP contribution is -2.09. The highest BCUT2D eigenvalue weighted by Gasteiger charge is 2.16. The topological polar surface area (TPSA) is 8.17 Å². The van der Waals surface area contributed by atoms with Crippen LogP contribution in [0.3, 0.4) is 0 Å². The molecule has 0 amide bonds. The van der Waals surface area contributed by atoms with E-state index in [1.807, 2.05) is 0 Å². The average Bonchev–Trinajstić information content (AvgIpc) is 3.70. The molecule has 0 aliphatic heterocycles. The first-order valence-electron chi connectivity index (χ1n) is 21.2. The fourth-order valence-corrected chi connectivity index (χ4v) is 8.85. The molecule has 0 bridgehead atoms. The Morgan fingerprint density at radius 3 is 0.903 bits per heavy atom. The molecule has 0 aliphatic carbocycles. The number of aromatic nitrogens is 1. The standard InChI is InChI=1S/C60H42N2/c1-3-12-43(13-4-1)45-22-26-47(27-23-45)49-30-36-53(37-31-49)61(54-38-32-50(33-39-54)48-28-24-46(25-29-48)44-14-5-2-6-15-44)55-40-34-51(35-41-55)52-16-11-17-56(42-52)62-59-20-9-7-18-57(59)58-19-8-10-21-60(58)62/h1-42H. The van der Waals surface area contributed by atoms with Crippen LogP contribution in [-0.4, -0.2) is 4.57 Å². The first-order chi connectivity index (χ1) is 30.7. The summed E-state index contributed by atoms with van der Waals surface area (Å²) >= 11 is 0. The van der Waals surface area contributed by atoms with E-state index in [9.17, 15) is 0 Å². The summed E-state index contributed by atoms with van der Waals surface area (Å²) in [5.41, 5.74) is 18.8. The molecule has 2 nitrogen and oxygen atoms in total. The van der Waals surface area contributed by atoms with Crippen LogP contribution in [0.5, 0.6) is 0 Å². The van der Waals surface area contributed by atoms with Crippen molar-refractivity contribution < 1.29 is 0 Å². The number of rotatable bonds is 9. The largest absolute Gasteiger partial charge is 0.311 e. The minimum atomic E-state index is 1.09. The molecule has 1 heterocycles. The van der Waals surface area contributed by atoms with Crippen molar-refractivity contribution in [2.24, 2.45) is 0 Å². The highest BCUT2D eigenvalue weighted by Crippen LogP contribution is 2.39. The summed E-state index contributed by atoms with van der Waals surface area (Å²) in [6.07, 6.45) is 0. The Kier molecular flexibility index (Phi) is 9.57. The Hall–Kier alpha value is -8.20. The van der Waals surface area contributed by atoms with Crippen LogP contribution in [0.25, 0.3) is 83.1 Å². The Morgan fingerprint density at radius 2 is 0.516 bits per heavy atom. The number of anilines is 3. The predicted molar refractivity (Wildman–Crippen MR) is 263 cm³/mol. The lowest BCUT2D eigenvalue weighted by atomic mass is 9.99. The second-order valence-corrected chi connectivity index (χ2v) is 15.8. The normalized spacial score (nSPS) is 11.2. The van der Waals surface area contributed by atoms with Gasteiger partial charge in [0, 0.05) is 33.5 Å². The van der Waals surface area contributed by atoms with Crippen LogP contribution in [0, 0.1) is 0 Å². The van der Waals surface area contributed by atoms with Crippen molar-refractivity contribution in [3.05, 3.63) is 255 Å². The molecule has 0 spiro atoms. The van der Waals surface area contributed by atoms with E-state index in [4.69, 9.17) is 0 Å². The third kappa shape index (κ3) is 7.04. The van der Waals surface area contributed by atoms with Crippen LogP contribution in [0.2, 0.25) is 0 Å². The number of benzene rings is 10. The number of hydrogen-bond acceptors (Lipinski definition) is 1. The SMILES string of the molecule is c1ccc(-c2ccc(-c3ccc(N(c4ccc(-c5ccc(-c6ccccc6)cc5)cc4)c4ccc(-c5cccc(-n6c7ccccc7c7ccccc76)c5)cc4)cc3)cc2)cc1. The van der Waals surface area contributed by atoms with E-state index >= 15 is 0 Å². The molecule has 0 saturated carbocycles. The van der Waals surface area contributed by atoms with Crippen LogP contribution in [0.15, 0.2) is 255 Å².